The van der Waals surface area contributed by atoms with Gasteiger partial charge in [0.25, 0.3) is 0 Å². The molecule has 0 fully saturated rings. The molecule has 1 aromatic heterocycles. The van der Waals surface area contributed by atoms with Gasteiger partial charge in [0.15, 0.2) is 0 Å². The van der Waals surface area contributed by atoms with Crippen LogP contribution in [0.3, 0.4) is 0 Å². The Kier molecular flexibility index (Phi) is 3.33. The molecule has 0 bridgehead atoms. The molecule has 0 aliphatic rings. The van der Waals surface area contributed by atoms with Gasteiger partial charge in [-0.25, -0.2) is 4.79 Å². The summed E-state index contributed by atoms with van der Waals surface area (Å²) in [6.45, 7) is 0. The van der Waals surface area contributed by atoms with E-state index in [-0.39, 0.29) is 0 Å². The van der Waals surface area contributed by atoms with Crippen molar-refractivity contribution < 1.29 is 13.9 Å². The zero-order valence-corrected chi connectivity index (χ0v) is 10.7. The van der Waals surface area contributed by atoms with Crippen LogP contribution in [0.1, 0.15) is 5.76 Å². The zero-order chi connectivity index (χ0) is 13.8. The lowest BCUT2D eigenvalue weighted by Crippen LogP contribution is -2.03. The van der Waals surface area contributed by atoms with Crippen LogP contribution in [0.5, 0.6) is 5.75 Å². The summed E-state index contributed by atoms with van der Waals surface area (Å²) in [6.07, 6.45) is 4.48. The SMILES string of the molecule is O=C(/C=C/c1ccco1)Oc1cccc2ccccc12. The van der Waals surface area contributed by atoms with E-state index < -0.39 is 5.97 Å². The highest BCUT2D eigenvalue weighted by Crippen LogP contribution is 2.25. The number of hydrogen-bond acceptors (Lipinski definition) is 3. The molecule has 3 rings (SSSR count). The smallest absolute Gasteiger partial charge is 0.336 e. The molecule has 0 aliphatic heterocycles. The number of carbonyl (C=O) groups excluding carboxylic acids is 1. The third-order valence-electron chi connectivity index (χ3n) is 2.89. The van der Waals surface area contributed by atoms with Crippen LogP contribution >= 0.6 is 0 Å². The predicted octanol–water partition coefficient (Wildman–Crippen LogP) is 4.05. The highest BCUT2D eigenvalue weighted by molar-refractivity contribution is 5.93. The molecule has 0 unspecified atom stereocenters. The van der Waals surface area contributed by atoms with Crippen molar-refractivity contribution in [3.05, 3.63) is 72.7 Å². The van der Waals surface area contributed by atoms with Gasteiger partial charge in [-0.15, -0.1) is 0 Å². The lowest BCUT2D eigenvalue weighted by atomic mass is 10.1. The molecule has 0 spiro atoms. The molecule has 3 aromatic rings. The molecule has 0 amide bonds. The van der Waals surface area contributed by atoms with Gasteiger partial charge in [0, 0.05) is 11.5 Å². The summed E-state index contributed by atoms with van der Waals surface area (Å²) in [5.74, 6) is 0.731. The Hall–Kier alpha value is -2.81. The normalized spacial score (nSPS) is 11.0. The van der Waals surface area contributed by atoms with E-state index in [1.165, 1.54) is 6.08 Å². The minimum Gasteiger partial charge on any atom is -0.465 e. The van der Waals surface area contributed by atoms with Gasteiger partial charge in [-0.3, -0.25) is 0 Å². The van der Waals surface area contributed by atoms with E-state index >= 15 is 0 Å². The van der Waals surface area contributed by atoms with Crippen molar-refractivity contribution in [1.29, 1.82) is 0 Å². The quantitative estimate of drug-likeness (QED) is 0.407. The van der Waals surface area contributed by atoms with Crippen molar-refractivity contribution in [3.63, 3.8) is 0 Å². The highest BCUT2D eigenvalue weighted by Gasteiger charge is 2.05. The molecule has 0 saturated carbocycles. The number of rotatable bonds is 3. The molecule has 0 saturated heterocycles. The van der Waals surface area contributed by atoms with E-state index in [9.17, 15) is 4.79 Å². The summed E-state index contributed by atoms with van der Waals surface area (Å²) < 4.78 is 10.5. The predicted molar refractivity (Wildman–Crippen MR) is 77.3 cm³/mol. The third-order valence-corrected chi connectivity index (χ3v) is 2.89. The zero-order valence-electron chi connectivity index (χ0n) is 10.7. The first-order valence-corrected chi connectivity index (χ1v) is 6.24. The second-order valence-corrected chi connectivity index (χ2v) is 4.25. The molecule has 0 N–H and O–H groups in total. The Balaban J connectivity index is 1.81. The lowest BCUT2D eigenvalue weighted by molar-refractivity contribution is -0.128. The van der Waals surface area contributed by atoms with Crippen molar-refractivity contribution >= 4 is 22.8 Å². The summed E-state index contributed by atoms with van der Waals surface area (Å²) >= 11 is 0. The van der Waals surface area contributed by atoms with Gasteiger partial charge in [0.1, 0.15) is 11.5 Å². The van der Waals surface area contributed by atoms with Crippen LogP contribution in [-0.2, 0) is 4.79 Å². The highest BCUT2D eigenvalue weighted by atomic mass is 16.5. The van der Waals surface area contributed by atoms with Crippen LogP contribution in [0.4, 0.5) is 0 Å². The molecular formula is C17H12O3. The number of carbonyl (C=O) groups is 1. The Morgan fingerprint density at radius 2 is 1.85 bits per heavy atom. The molecule has 0 aliphatic carbocycles. The minimum atomic E-state index is -0.433. The van der Waals surface area contributed by atoms with Crippen LogP contribution in [0.25, 0.3) is 16.8 Å². The molecule has 0 atom stereocenters. The second-order valence-electron chi connectivity index (χ2n) is 4.25. The fourth-order valence-electron chi connectivity index (χ4n) is 1.96. The second kappa shape index (κ2) is 5.45. The van der Waals surface area contributed by atoms with Crippen LogP contribution < -0.4 is 4.74 Å². The fourth-order valence-corrected chi connectivity index (χ4v) is 1.96. The van der Waals surface area contributed by atoms with E-state index in [1.807, 2.05) is 36.4 Å². The maximum absolute atomic E-state index is 11.8. The number of fused-ring (bicyclic) bond motifs is 1. The van der Waals surface area contributed by atoms with Crippen molar-refractivity contribution in [2.45, 2.75) is 0 Å². The van der Waals surface area contributed by atoms with E-state index in [1.54, 1.807) is 30.5 Å². The first-order chi connectivity index (χ1) is 9.83. The van der Waals surface area contributed by atoms with Crippen molar-refractivity contribution in [3.8, 4) is 5.75 Å². The summed E-state index contributed by atoms with van der Waals surface area (Å²) in [7, 11) is 0. The molecule has 20 heavy (non-hydrogen) atoms. The summed E-state index contributed by atoms with van der Waals surface area (Å²) in [5, 5.41) is 1.95. The Morgan fingerprint density at radius 3 is 2.70 bits per heavy atom. The number of furan rings is 1. The number of benzene rings is 2. The van der Waals surface area contributed by atoms with E-state index in [0.717, 1.165) is 10.8 Å². The first kappa shape index (κ1) is 12.2. The van der Waals surface area contributed by atoms with Crippen LogP contribution in [-0.4, -0.2) is 5.97 Å². The first-order valence-electron chi connectivity index (χ1n) is 6.24. The third kappa shape index (κ3) is 2.62. The fraction of sp³-hybridized carbons (Fsp3) is 0. The van der Waals surface area contributed by atoms with Gasteiger partial charge >= 0.3 is 5.97 Å². The topological polar surface area (TPSA) is 39.4 Å². The van der Waals surface area contributed by atoms with Gasteiger partial charge in [-0.1, -0.05) is 36.4 Å². The molecule has 3 nitrogen and oxygen atoms in total. The Bertz CT molecular complexity index is 750. The largest absolute Gasteiger partial charge is 0.465 e. The van der Waals surface area contributed by atoms with Crippen LogP contribution in [0.15, 0.2) is 71.4 Å². The maximum Gasteiger partial charge on any atom is 0.336 e. The van der Waals surface area contributed by atoms with Crippen molar-refractivity contribution in [2.75, 3.05) is 0 Å². The number of ether oxygens (including phenoxy) is 1. The average molecular weight is 264 g/mol. The van der Waals surface area contributed by atoms with Gasteiger partial charge in [0.05, 0.1) is 6.26 Å². The summed E-state index contributed by atoms with van der Waals surface area (Å²) in [6, 6.07) is 16.9. The molecule has 1 heterocycles. The van der Waals surface area contributed by atoms with E-state index in [0.29, 0.717) is 11.5 Å². The molecule has 0 radical (unpaired) electrons. The molecule has 3 heteroatoms. The summed E-state index contributed by atoms with van der Waals surface area (Å²) in [5.41, 5.74) is 0. The van der Waals surface area contributed by atoms with Gasteiger partial charge in [-0.2, -0.15) is 0 Å². The van der Waals surface area contributed by atoms with E-state index in [2.05, 4.69) is 0 Å². The summed E-state index contributed by atoms with van der Waals surface area (Å²) in [4.78, 5) is 11.8. The minimum absolute atomic E-state index is 0.433. The van der Waals surface area contributed by atoms with Crippen molar-refractivity contribution in [2.24, 2.45) is 0 Å². The monoisotopic (exact) mass is 264 g/mol. The Labute approximate surface area is 116 Å². The molecule has 2 aromatic carbocycles. The lowest BCUT2D eigenvalue weighted by Gasteiger charge is -2.05. The molecular weight excluding hydrogens is 252 g/mol. The van der Waals surface area contributed by atoms with Gasteiger partial charge in [-0.05, 0) is 29.7 Å². The van der Waals surface area contributed by atoms with Gasteiger partial charge in [0.2, 0.25) is 0 Å². The average Bonchev–Trinajstić information content (AvgIpc) is 2.99. The molecule has 98 valence electrons. The van der Waals surface area contributed by atoms with E-state index in [4.69, 9.17) is 9.15 Å². The maximum atomic E-state index is 11.8. The van der Waals surface area contributed by atoms with Gasteiger partial charge < -0.3 is 9.15 Å². The number of esters is 1. The number of hydrogen-bond donors (Lipinski definition) is 0. The van der Waals surface area contributed by atoms with Crippen LogP contribution in [0.2, 0.25) is 0 Å². The standard InChI is InChI=1S/C17H12O3/c18-17(11-10-14-7-4-12-19-14)20-16-9-3-6-13-5-1-2-8-15(13)16/h1-12H/b11-10+. The van der Waals surface area contributed by atoms with Crippen molar-refractivity contribution in [1.82, 2.24) is 0 Å². The Morgan fingerprint density at radius 1 is 1.00 bits per heavy atom. The van der Waals surface area contributed by atoms with Crippen LogP contribution in [0, 0.1) is 0 Å².